The minimum absolute atomic E-state index is 0.117. The Morgan fingerprint density at radius 1 is 1.27 bits per heavy atom. The van der Waals surface area contributed by atoms with E-state index in [-0.39, 0.29) is 5.91 Å². The Kier molecular flexibility index (Phi) is 6.63. The summed E-state index contributed by atoms with van der Waals surface area (Å²) in [6.07, 6.45) is 4.34. The molecule has 0 aliphatic carbocycles. The molecule has 1 unspecified atom stereocenters. The second kappa shape index (κ2) is 9.14. The minimum atomic E-state index is -0.117. The van der Waals surface area contributed by atoms with Gasteiger partial charge in [-0.15, -0.1) is 0 Å². The van der Waals surface area contributed by atoms with Gasteiger partial charge in [0, 0.05) is 12.0 Å². The molecule has 26 heavy (non-hydrogen) atoms. The molecule has 5 nitrogen and oxygen atoms in total. The van der Waals surface area contributed by atoms with Crippen LogP contribution in [0, 0.1) is 0 Å². The molecule has 0 spiro atoms. The summed E-state index contributed by atoms with van der Waals surface area (Å²) in [5.41, 5.74) is 1.78. The number of aromatic nitrogens is 1. The van der Waals surface area contributed by atoms with Crippen LogP contribution in [0.5, 0.6) is 5.75 Å². The summed E-state index contributed by atoms with van der Waals surface area (Å²) in [5.74, 6) is 0.688. The van der Waals surface area contributed by atoms with E-state index >= 15 is 0 Å². The zero-order valence-corrected chi connectivity index (χ0v) is 16.5. The van der Waals surface area contributed by atoms with Crippen LogP contribution >= 0.6 is 11.3 Å². The predicted octanol–water partition coefficient (Wildman–Crippen LogP) is 2.93. The molecule has 1 atom stereocenters. The smallest absolute Gasteiger partial charge is 0.257 e. The summed E-state index contributed by atoms with van der Waals surface area (Å²) in [7, 11) is 0. The van der Waals surface area contributed by atoms with E-state index < -0.39 is 0 Å². The van der Waals surface area contributed by atoms with E-state index in [4.69, 9.17) is 4.74 Å². The molecule has 140 valence electrons. The first-order valence-electron chi connectivity index (χ1n) is 9.56. The maximum absolute atomic E-state index is 12.5. The first-order chi connectivity index (χ1) is 12.7. The zero-order chi connectivity index (χ0) is 18.4. The van der Waals surface area contributed by atoms with E-state index in [2.05, 4.69) is 24.1 Å². The van der Waals surface area contributed by atoms with E-state index in [1.54, 1.807) is 28.4 Å². The van der Waals surface area contributed by atoms with Crippen LogP contribution in [0.25, 0.3) is 0 Å². The van der Waals surface area contributed by atoms with Crippen molar-refractivity contribution in [2.75, 3.05) is 25.0 Å². The van der Waals surface area contributed by atoms with Crippen molar-refractivity contribution in [1.29, 1.82) is 0 Å². The van der Waals surface area contributed by atoms with Gasteiger partial charge in [-0.25, -0.2) is 4.98 Å². The van der Waals surface area contributed by atoms with Crippen LogP contribution in [0.3, 0.4) is 0 Å². The summed E-state index contributed by atoms with van der Waals surface area (Å²) in [4.78, 5) is 20.0. The van der Waals surface area contributed by atoms with Crippen LogP contribution in [-0.4, -0.2) is 30.6 Å². The van der Waals surface area contributed by atoms with E-state index in [1.165, 1.54) is 17.8 Å². The maximum atomic E-state index is 12.5. The van der Waals surface area contributed by atoms with Crippen molar-refractivity contribution in [3.63, 3.8) is 0 Å². The first kappa shape index (κ1) is 18.9. The summed E-state index contributed by atoms with van der Waals surface area (Å²) in [5, 5.41) is 3.66. The van der Waals surface area contributed by atoms with Crippen molar-refractivity contribution < 1.29 is 14.4 Å². The van der Waals surface area contributed by atoms with E-state index in [0.717, 1.165) is 43.8 Å². The van der Waals surface area contributed by atoms with Gasteiger partial charge in [-0.1, -0.05) is 31.6 Å². The lowest BCUT2D eigenvalue weighted by Crippen LogP contribution is -3.11. The zero-order valence-electron chi connectivity index (χ0n) is 15.6. The maximum Gasteiger partial charge on any atom is 0.257 e. The number of thiazole rings is 1. The van der Waals surface area contributed by atoms with Gasteiger partial charge in [0.25, 0.3) is 5.91 Å². The van der Waals surface area contributed by atoms with Gasteiger partial charge in [-0.3, -0.25) is 10.1 Å². The normalized spacial score (nSPS) is 16.2. The summed E-state index contributed by atoms with van der Waals surface area (Å²) >= 11 is 1.62. The van der Waals surface area contributed by atoms with Gasteiger partial charge >= 0.3 is 0 Å². The van der Waals surface area contributed by atoms with Crippen molar-refractivity contribution in [3.8, 4) is 5.75 Å². The number of fused-ring (bicyclic) bond motifs is 1. The molecule has 1 aromatic carbocycles. The lowest BCUT2D eigenvalue weighted by molar-refractivity contribution is -0.915. The van der Waals surface area contributed by atoms with Crippen molar-refractivity contribution in [2.24, 2.45) is 0 Å². The lowest BCUT2D eigenvalue weighted by atomic mass is 10.2. The number of nitrogens with one attached hydrogen (secondary N) is 2. The largest absolute Gasteiger partial charge is 0.494 e. The molecule has 1 amide bonds. The van der Waals surface area contributed by atoms with E-state index in [9.17, 15) is 4.79 Å². The van der Waals surface area contributed by atoms with Gasteiger partial charge in [-0.2, -0.15) is 0 Å². The Morgan fingerprint density at radius 3 is 2.81 bits per heavy atom. The number of nitrogens with zero attached hydrogens (tertiary/aromatic N) is 1. The third-order valence-corrected chi connectivity index (χ3v) is 5.62. The monoisotopic (exact) mass is 374 g/mol. The highest BCUT2D eigenvalue weighted by molar-refractivity contribution is 7.15. The number of rotatable bonds is 8. The standard InChI is InChI=1S/C20H27N3O2S/c1-3-5-13-25-16-8-6-15(7-9-16)19(24)22-20-21-17-10-12-23(11-4-2)14-18(17)26-20/h6-9H,3-5,10-14H2,1-2H3,(H,21,22,24)/p+1. The highest BCUT2D eigenvalue weighted by Gasteiger charge is 2.23. The van der Waals surface area contributed by atoms with Crippen LogP contribution in [0.2, 0.25) is 0 Å². The van der Waals surface area contributed by atoms with Gasteiger partial charge in [0.1, 0.15) is 12.3 Å². The van der Waals surface area contributed by atoms with Crippen LogP contribution in [-0.2, 0) is 13.0 Å². The van der Waals surface area contributed by atoms with Crippen LogP contribution in [0.1, 0.15) is 54.0 Å². The number of hydrogen-bond donors (Lipinski definition) is 2. The number of carbonyl (C=O) groups is 1. The molecule has 0 radical (unpaired) electrons. The molecule has 0 bridgehead atoms. The number of carbonyl (C=O) groups excluding carboxylic acids is 1. The van der Waals surface area contributed by atoms with Crippen molar-refractivity contribution in [1.82, 2.24) is 4.98 Å². The van der Waals surface area contributed by atoms with Gasteiger partial charge in [0.2, 0.25) is 0 Å². The molecule has 3 rings (SSSR count). The van der Waals surface area contributed by atoms with Gasteiger partial charge < -0.3 is 9.64 Å². The topological polar surface area (TPSA) is 55.7 Å². The molecular formula is C20H28N3O2S+. The number of quaternary nitrogens is 1. The fourth-order valence-corrected chi connectivity index (χ4v) is 4.23. The number of anilines is 1. The van der Waals surface area contributed by atoms with Crippen molar-refractivity contribution >= 4 is 22.4 Å². The minimum Gasteiger partial charge on any atom is -0.494 e. The summed E-state index contributed by atoms with van der Waals surface area (Å²) in [6.45, 7) is 8.43. The third kappa shape index (κ3) is 4.83. The Labute approximate surface area is 159 Å². The molecular weight excluding hydrogens is 346 g/mol. The molecule has 1 aliphatic heterocycles. The van der Waals surface area contributed by atoms with Gasteiger partial charge in [0.05, 0.1) is 30.3 Å². The number of unbranched alkanes of at least 4 members (excludes halogenated alkanes) is 1. The molecule has 0 fully saturated rings. The number of ether oxygens (including phenoxy) is 1. The molecule has 2 heterocycles. The van der Waals surface area contributed by atoms with E-state index in [1.807, 2.05) is 12.1 Å². The number of amides is 1. The molecule has 0 saturated heterocycles. The Balaban J connectivity index is 1.58. The van der Waals surface area contributed by atoms with Crippen LogP contribution in [0.4, 0.5) is 5.13 Å². The Hall–Kier alpha value is -1.92. The molecule has 0 saturated carbocycles. The van der Waals surface area contributed by atoms with Gasteiger partial charge in [-0.05, 0) is 37.1 Å². The van der Waals surface area contributed by atoms with Crippen molar-refractivity contribution in [2.45, 2.75) is 46.1 Å². The highest BCUT2D eigenvalue weighted by Crippen LogP contribution is 2.25. The fourth-order valence-electron chi connectivity index (χ4n) is 3.15. The number of benzene rings is 1. The molecule has 2 aromatic rings. The average molecular weight is 375 g/mol. The SMILES string of the molecule is CCCCOc1ccc(C(=O)Nc2nc3c(s2)C[NH+](CCC)CC3)cc1. The van der Waals surface area contributed by atoms with Crippen molar-refractivity contribution in [3.05, 3.63) is 40.4 Å². The predicted molar refractivity (Wildman–Crippen MR) is 105 cm³/mol. The Morgan fingerprint density at radius 2 is 2.08 bits per heavy atom. The molecule has 1 aromatic heterocycles. The quantitative estimate of drug-likeness (QED) is 0.699. The highest BCUT2D eigenvalue weighted by atomic mass is 32.1. The summed E-state index contributed by atoms with van der Waals surface area (Å²) < 4.78 is 5.64. The first-order valence-corrected chi connectivity index (χ1v) is 10.4. The fraction of sp³-hybridized carbons (Fsp3) is 0.500. The van der Waals surface area contributed by atoms with E-state index in [0.29, 0.717) is 17.3 Å². The summed E-state index contributed by atoms with van der Waals surface area (Å²) in [6, 6.07) is 7.31. The van der Waals surface area contributed by atoms with Crippen LogP contribution < -0.4 is 15.0 Å². The van der Waals surface area contributed by atoms with Gasteiger partial charge in [0.15, 0.2) is 5.13 Å². The second-order valence-corrected chi connectivity index (χ2v) is 7.83. The lowest BCUT2D eigenvalue weighted by Gasteiger charge is -2.22. The second-order valence-electron chi connectivity index (χ2n) is 6.75. The average Bonchev–Trinajstić information content (AvgIpc) is 3.04. The molecule has 2 N–H and O–H groups in total. The van der Waals surface area contributed by atoms with Crippen LogP contribution in [0.15, 0.2) is 24.3 Å². The number of hydrogen-bond acceptors (Lipinski definition) is 4. The molecule has 6 heteroatoms. The Bertz CT molecular complexity index is 727. The molecule has 1 aliphatic rings. The third-order valence-electron chi connectivity index (χ3n) is 4.61.